The summed E-state index contributed by atoms with van der Waals surface area (Å²) in [6.07, 6.45) is 0.942. The third kappa shape index (κ3) is 3.02. The molecule has 1 atom stereocenters. The van der Waals surface area contributed by atoms with E-state index in [0.29, 0.717) is 10.6 Å². The molecule has 0 aromatic heterocycles. The van der Waals surface area contributed by atoms with Crippen molar-refractivity contribution in [3.05, 3.63) is 68.7 Å². The largest absolute Gasteiger partial charge is 0.381 e. The molecule has 0 heterocycles. The molecule has 0 fully saturated rings. The van der Waals surface area contributed by atoms with Crippen LogP contribution in [-0.2, 0) is 12.0 Å². The molecule has 2 rings (SSSR count). The summed E-state index contributed by atoms with van der Waals surface area (Å²) in [5, 5.41) is 11.4. The van der Waals surface area contributed by atoms with Crippen LogP contribution >= 0.6 is 27.5 Å². The summed E-state index contributed by atoms with van der Waals surface area (Å²) in [7, 11) is 0. The zero-order valence-corrected chi connectivity index (χ0v) is 13.3. The number of benzene rings is 2. The van der Waals surface area contributed by atoms with Crippen molar-refractivity contribution in [1.29, 1.82) is 0 Å². The minimum Gasteiger partial charge on any atom is -0.381 e. The van der Waals surface area contributed by atoms with Crippen LogP contribution in [0.3, 0.4) is 0 Å². The van der Waals surface area contributed by atoms with Gasteiger partial charge in [-0.15, -0.1) is 0 Å². The fraction of sp³-hybridized carbons (Fsp3) is 0.250. The molecule has 100 valence electrons. The third-order valence-electron chi connectivity index (χ3n) is 3.35. The second kappa shape index (κ2) is 5.66. The summed E-state index contributed by atoms with van der Waals surface area (Å²) < 4.78 is 0.902. The number of rotatable bonds is 3. The van der Waals surface area contributed by atoms with Gasteiger partial charge in [-0.3, -0.25) is 0 Å². The predicted molar refractivity (Wildman–Crippen MR) is 83.6 cm³/mol. The predicted octanol–water partition coefficient (Wildman–Crippen LogP) is 4.92. The Morgan fingerprint density at radius 2 is 1.95 bits per heavy atom. The van der Waals surface area contributed by atoms with Crippen LogP contribution in [0.15, 0.2) is 46.9 Å². The van der Waals surface area contributed by atoms with E-state index < -0.39 is 5.60 Å². The van der Waals surface area contributed by atoms with Crippen molar-refractivity contribution in [3.8, 4) is 0 Å². The van der Waals surface area contributed by atoms with Crippen molar-refractivity contribution >= 4 is 27.5 Å². The quantitative estimate of drug-likeness (QED) is 0.841. The monoisotopic (exact) mass is 338 g/mol. The van der Waals surface area contributed by atoms with E-state index in [2.05, 4.69) is 28.9 Å². The summed E-state index contributed by atoms with van der Waals surface area (Å²) in [6.45, 7) is 3.87. The highest BCUT2D eigenvalue weighted by Crippen LogP contribution is 2.35. The lowest BCUT2D eigenvalue weighted by Gasteiger charge is -2.26. The van der Waals surface area contributed by atoms with Crippen LogP contribution < -0.4 is 0 Å². The van der Waals surface area contributed by atoms with Crippen molar-refractivity contribution in [1.82, 2.24) is 0 Å². The average molecular weight is 340 g/mol. The molecule has 0 bridgehead atoms. The van der Waals surface area contributed by atoms with E-state index in [9.17, 15) is 5.11 Å². The summed E-state index contributed by atoms with van der Waals surface area (Å²) in [5.74, 6) is 0. The first-order valence-corrected chi connectivity index (χ1v) is 7.39. The van der Waals surface area contributed by atoms with Gasteiger partial charge in [0.2, 0.25) is 0 Å². The van der Waals surface area contributed by atoms with Crippen LogP contribution in [0.4, 0.5) is 0 Å². The van der Waals surface area contributed by atoms with Crippen molar-refractivity contribution in [2.75, 3.05) is 0 Å². The standard InChI is InChI=1S/C16H16BrClO/c1-3-11-5-4-6-12(9-11)16(2,19)14-8-7-13(17)10-15(14)18/h4-10,19H,3H2,1-2H3. The van der Waals surface area contributed by atoms with Gasteiger partial charge >= 0.3 is 0 Å². The molecular weight excluding hydrogens is 324 g/mol. The van der Waals surface area contributed by atoms with E-state index in [4.69, 9.17) is 11.6 Å². The Labute approximate surface area is 127 Å². The first-order chi connectivity index (χ1) is 8.95. The molecule has 2 aromatic rings. The molecule has 1 unspecified atom stereocenters. The van der Waals surface area contributed by atoms with E-state index >= 15 is 0 Å². The molecular formula is C16H16BrClO. The Balaban J connectivity index is 2.51. The molecule has 1 N–H and O–H groups in total. The molecule has 1 nitrogen and oxygen atoms in total. The molecule has 0 aliphatic carbocycles. The van der Waals surface area contributed by atoms with Gasteiger partial charge in [0.1, 0.15) is 5.60 Å². The van der Waals surface area contributed by atoms with E-state index in [-0.39, 0.29) is 0 Å². The van der Waals surface area contributed by atoms with Crippen LogP contribution in [0.1, 0.15) is 30.5 Å². The maximum absolute atomic E-state index is 10.8. The minimum absolute atomic E-state index is 0.557. The Bertz CT molecular complexity index is 593. The van der Waals surface area contributed by atoms with E-state index in [0.717, 1.165) is 16.5 Å². The van der Waals surface area contributed by atoms with Gasteiger partial charge < -0.3 is 5.11 Å². The normalized spacial score (nSPS) is 14.2. The fourth-order valence-electron chi connectivity index (χ4n) is 2.13. The lowest BCUT2D eigenvalue weighted by atomic mass is 9.87. The first kappa shape index (κ1) is 14.6. The molecule has 3 heteroatoms. The number of aryl methyl sites for hydroxylation is 1. The fourth-order valence-corrected chi connectivity index (χ4v) is 2.99. The molecule has 19 heavy (non-hydrogen) atoms. The first-order valence-electron chi connectivity index (χ1n) is 6.22. The van der Waals surface area contributed by atoms with Crippen molar-refractivity contribution in [2.24, 2.45) is 0 Å². The number of halogens is 2. The van der Waals surface area contributed by atoms with Crippen LogP contribution in [0, 0.1) is 0 Å². The summed E-state index contributed by atoms with van der Waals surface area (Å²) in [5.41, 5.74) is 1.68. The van der Waals surface area contributed by atoms with E-state index in [1.165, 1.54) is 5.56 Å². The second-order valence-corrected chi connectivity index (χ2v) is 6.07. The molecule has 0 saturated heterocycles. The molecule has 0 aliphatic rings. The van der Waals surface area contributed by atoms with Crippen LogP contribution in [0.5, 0.6) is 0 Å². The molecule has 0 amide bonds. The molecule has 0 radical (unpaired) electrons. The topological polar surface area (TPSA) is 20.2 Å². The van der Waals surface area contributed by atoms with E-state index in [1.54, 1.807) is 13.0 Å². The van der Waals surface area contributed by atoms with Crippen molar-refractivity contribution in [2.45, 2.75) is 25.9 Å². The number of hydrogen-bond donors (Lipinski definition) is 1. The van der Waals surface area contributed by atoms with Gasteiger partial charge in [0.05, 0.1) is 0 Å². The molecule has 2 aromatic carbocycles. The maximum Gasteiger partial charge on any atom is 0.113 e. The highest BCUT2D eigenvalue weighted by molar-refractivity contribution is 9.10. The summed E-state index contributed by atoms with van der Waals surface area (Å²) in [4.78, 5) is 0. The SMILES string of the molecule is CCc1cccc(C(C)(O)c2ccc(Br)cc2Cl)c1. The lowest BCUT2D eigenvalue weighted by Crippen LogP contribution is -2.23. The zero-order valence-electron chi connectivity index (χ0n) is 11.0. The smallest absolute Gasteiger partial charge is 0.113 e. The lowest BCUT2D eigenvalue weighted by molar-refractivity contribution is 0.102. The Morgan fingerprint density at radius 1 is 1.21 bits per heavy atom. The number of aliphatic hydroxyl groups is 1. The van der Waals surface area contributed by atoms with E-state index in [1.807, 2.05) is 30.3 Å². The third-order valence-corrected chi connectivity index (χ3v) is 4.16. The second-order valence-electron chi connectivity index (χ2n) is 4.75. The Morgan fingerprint density at radius 3 is 2.58 bits per heavy atom. The molecule has 0 aliphatic heterocycles. The van der Waals surface area contributed by atoms with Gasteiger partial charge in [-0.25, -0.2) is 0 Å². The van der Waals surface area contributed by atoms with Crippen LogP contribution in [-0.4, -0.2) is 5.11 Å². The zero-order chi connectivity index (χ0) is 14.0. The van der Waals surface area contributed by atoms with Gasteiger partial charge in [-0.1, -0.05) is 64.8 Å². The van der Waals surface area contributed by atoms with Crippen LogP contribution in [0.25, 0.3) is 0 Å². The van der Waals surface area contributed by atoms with Gasteiger partial charge in [0, 0.05) is 15.1 Å². The maximum atomic E-state index is 10.8. The summed E-state index contributed by atoms with van der Waals surface area (Å²) >= 11 is 9.62. The minimum atomic E-state index is -1.09. The Hall–Kier alpha value is -0.830. The molecule has 0 spiro atoms. The van der Waals surface area contributed by atoms with Gasteiger partial charge in [0.25, 0.3) is 0 Å². The Kier molecular flexibility index (Phi) is 4.34. The highest BCUT2D eigenvalue weighted by Gasteiger charge is 2.28. The highest BCUT2D eigenvalue weighted by atomic mass is 79.9. The van der Waals surface area contributed by atoms with Crippen LogP contribution in [0.2, 0.25) is 5.02 Å². The van der Waals surface area contributed by atoms with Crippen molar-refractivity contribution in [3.63, 3.8) is 0 Å². The van der Waals surface area contributed by atoms with Gasteiger partial charge in [-0.2, -0.15) is 0 Å². The molecule has 0 saturated carbocycles. The number of hydrogen-bond acceptors (Lipinski definition) is 1. The average Bonchev–Trinajstić information content (AvgIpc) is 2.38. The van der Waals surface area contributed by atoms with Gasteiger partial charge in [0.15, 0.2) is 0 Å². The van der Waals surface area contributed by atoms with Gasteiger partial charge in [-0.05, 0) is 36.6 Å². The summed E-state index contributed by atoms with van der Waals surface area (Å²) in [6, 6.07) is 13.5. The van der Waals surface area contributed by atoms with Crippen molar-refractivity contribution < 1.29 is 5.11 Å².